The first kappa shape index (κ1) is 30.4. The lowest BCUT2D eigenvalue weighted by Gasteiger charge is -2.38. The molecule has 44 heavy (non-hydrogen) atoms. The van der Waals surface area contributed by atoms with Gasteiger partial charge in [0.2, 0.25) is 5.91 Å². The summed E-state index contributed by atoms with van der Waals surface area (Å²) < 4.78 is 26.7. The highest BCUT2D eigenvalue weighted by Crippen LogP contribution is 2.28. The molecule has 226 valence electrons. The molecule has 0 saturated carbocycles. The normalized spacial score (nSPS) is 13.7. The van der Waals surface area contributed by atoms with Gasteiger partial charge in [0, 0.05) is 49.7 Å². The fraction of sp³-hybridized carbons (Fsp3) is 0.229. The monoisotopic (exact) mass is 596 g/mol. The Kier molecular flexibility index (Phi) is 9.64. The van der Waals surface area contributed by atoms with Crippen LogP contribution in [0.3, 0.4) is 0 Å². The van der Waals surface area contributed by atoms with Crippen LogP contribution in [0.4, 0.5) is 20.2 Å². The van der Waals surface area contributed by atoms with Crippen LogP contribution in [0, 0.1) is 11.6 Å². The lowest BCUT2D eigenvalue weighted by Crippen LogP contribution is -2.50. The third kappa shape index (κ3) is 7.29. The standard InChI is InChI=1S/C35H34F2N4O3/c1-2-30(25-6-4-3-5-7-25)35(44)41-20-18-40(19-21-41)32-17-16-29(39-33(42)26-10-14-28(37)15-11-26)22-31(32)34(43)38-23-24-8-12-27(36)13-9-24/h3-17,22,30H,2,18-21,23H2,1H3,(H,38,43)(H,39,42)/t30-/m0/s1. The van der Waals surface area contributed by atoms with Crippen LogP contribution in [0.5, 0.6) is 0 Å². The first-order chi connectivity index (χ1) is 21.3. The zero-order valence-corrected chi connectivity index (χ0v) is 24.4. The summed E-state index contributed by atoms with van der Waals surface area (Å²) in [4.78, 5) is 43.7. The van der Waals surface area contributed by atoms with Crippen molar-refractivity contribution in [3.63, 3.8) is 0 Å². The molecule has 4 aromatic carbocycles. The van der Waals surface area contributed by atoms with E-state index >= 15 is 0 Å². The average Bonchev–Trinajstić information content (AvgIpc) is 3.05. The molecule has 7 nitrogen and oxygen atoms in total. The Balaban J connectivity index is 1.33. The van der Waals surface area contributed by atoms with Crippen LogP contribution in [0.2, 0.25) is 0 Å². The van der Waals surface area contributed by atoms with Gasteiger partial charge in [-0.3, -0.25) is 14.4 Å². The van der Waals surface area contributed by atoms with E-state index in [1.54, 1.807) is 30.3 Å². The van der Waals surface area contributed by atoms with Crippen molar-refractivity contribution in [1.29, 1.82) is 0 Å². The fourth-order valence-corrected chi connectivity index (χ4v) is 5.38. The van der Waals surface area contributed by atoms with Crippen LogP contribution in [-0.4, -0.2) is 48.8 Å². The molecule has 0 spiro atoms. The number of carbonyl (C=O) groups excluding carboxylic acids is 3. The number of nitrogens with one attached hydrogen (secondary N) is 2. The van der Waals surface area contributed by atoms with Gasteiger partial charge in [-0.25, -0.2) is 8.78 Å². The van der Waals surface area contributed by atoms with Gasteiger partial charge in [-0.15, -0.1) is 0 Å². The Morgan fingerprint density at radius 3 is 2.05 bits per heavy atom. The fourth-order valence-electron chi connectivity index (χ4n) is 5.38. The van der Waals surface area contributed by atoms with Crippen LogP contribution in [0.25, 0.3) is 0 Å². The summed E-state index contributed by atoms with van der Waals surface area (Å²) in [5.74, 6) is -1.73. The number of piperazine rings is 1. The number of rotatable bonds is 9. The molecule has 9 heteroatoms. The van der Waals surface area contributed by atoms with Crippen LogP contribution >= 0.6 is 0 Å². The number of benzene rings is 4. The molecular formula is C35H34F2N4O3. The van der Waals surface area contributed by atoms with Gasteiger partial charge in [0.05, 0.1) is 11.5 Å². The molecular weight excluding hydrogens is 562 g/mol. The van der Waals surface area contributed by atoms with E-state index in [0.717, 1.165) is 11.1 Å². The smallest absolute Gasteiger partial charge is 0.255 e. The summed E-state index contributed by atoms with van der Waals surface area (Å²) >= 11 is 0. The SMILES string of the molecule is CC[C@H](C(=O)N1CCN(c2ccc(NC(=O)c3ccc(F)cc3)cc2C(=O)NCc2ccc(F)cc2)CC1)c1ccccc1. The number of carbonyl (C=O) groups is 3. The Morgan fingerprint density at radius 2 is 1.41 bits per heavy atom. The van der Waals surface area contributed by atoms with Gasteiger partial charge in [0.1, 0.15) is 11.6 Å². The minimum atomic E-state index is -0.446. The van der Waals surface area contributed by atoms with Gasteiger partial charge < -0.3 is 20.4 Å². The molecule has 2 N–H and O–H groups in total. The van der Waals surface area contributed by atoms with Crippen molar-refractivity contribution >= 4 is 29.1 Å². The van der Waals surface area contributed by atoms with Gasteiger partial charge in [-0.1, -0.05) is 49.4 Å². The van der Waals surface area contributed by atoms with E-state index < -0.39 is 11.7 Å². The van der Waals surface area contributed by atoms with Gasteiger partial charge in [-0.2, -0.15) is 0 Å². The van der Waals surface area contributed by atoms with Gasteiger partial charge in [0.25, 0.3) is 11.8 Å². The molecule has 1 fully saturated rings. The summed E-state index contributed by atoms with van der Waals surface area (Å²) in [6.07, 6.45) is 0.701. The largest absolute Gasteiger partial charge is 0.367 e. The third-order valence-electron chi connectivity index (χ3n) is 7.81. The Labute approximate surface area is 255 Å². The van der Waals surface area contributed by atoms with Crippen LogP contribution in [0.1, 0.15) is 51.1 Å². The molecule has 0 aromatic heterocycles. The van der Waals surface area contributed by atoms with Crippen molar-refractivity contribution in [1.82, 2.24) is 10.2 Å². The molecule has 1 saturated heterocycles. The van der Waals surface area contributed by atoms with E-state index in [1.165, 1.54) is 36.4 Å². The number of hydrogen-bond donors (Lipinski definition) is 2. The average molecular weight is 597 g/mol. The van der Waals surface area contributed by atoms with Crippen molar-refractivity contribution in [2.24, 2.45) is 0 Å². The summed E-state index contributed by atoms with van der Waals surface area (Å²) in [6, 6.07) is 25.9. The summed E-state index contributed by atoms with van der Waals surface area (Å²) in [5.41, 5.74) is 3.43. The maximum Gasteiger partial charge on any atom is 0.255 e. The van der Waals surface area contributed by atoms with Crippen LogP contribution in [0.15, 0.2) is 97.1 Å². The van der Waals surface area contributed by atoms with Crippen molar-refractivity contribution in [3.05, 3.63) is 131 Å². The van der Waals surface area contributed by atoms with E-state index in [9.17, 15) is 23.2 Å². The first-order valence-corrected chi connectivity index (χ1v) is 14.6. The lowest BCUT2D eigenvalue weighted by atomic mass is 9.94. The zero-order valence-electron chi connectivity index (χ0n) is 24.4. The molecule has 4 aromatic rings. The summed E-state index contributed by atoms with van der Waals surface area (Å²) in [5, 5.41) is 5.68. The van der Waals surface area contributed by atoms with E-state index in [4.69, 9.17) is 0 Å². The Bertz CT molecular complexity index is 1600. The molecule has 1 atom stereocenters. The molecule has 0 aliphatic carbocycles. The minimum Gasteiger partial charge on any atom is -0.367 e. The highest BCUT2D eigenvalue weighted by molar-refractivity contribution is 6.06. The summed E-state index contributed by atoms with van der Waals surface area (Å²) in [7, 11) is 0. The van der Waals surface area contributed by atoms with Crippen molar-refractivity contribution < 1.29 is 23.2 Å². The van der Waals surface area contributed by atoms with E-state index in [-0.39, 0.29) is 35.7 Å². The van der Waals surface area contributed by atoms with Gasteiger partial charge in [-0.05, 0) is 72.1 Å². The lowest BCUT2D eigenvalue weighted by molar-refractivity contribution is -0.133. The highest BCUT2D eigenvalue weighted by Gasteiger charge is 2.29. The Morgan fingerprint density at radius 1 is 0.773 bits per heavy atom. The number of amides is 3. The summed E-state index contributed by atoms with van der Waals surface area (Å²) in [6.45, 7) is 4.25. The van der Waals surface area contributed by atoms with E-state index in [2.05, 4.69) is 15.5 Å². The maximum absolute atomic E-state index is 13.5. The van der Waals surface area contributed by atoms with Crippen molar-refractivity contribution in [2.45, 2.75) is 25.8 Å². The van der Waals surface area contributed by atoms with Crippen LogP contribution < -0.4 is 15.5 Å². The second-order valence-corrected chi connectivity index (χ2v) is 10.7. The molecule has 3 amide bonds. The molecule has 0 unspecified atom stereocenters. The van der Waals surface area contributed by atoms with Crippen molar-refractivity contribution in [2.75, 3.05) is 36.4 Å². The van der Waals surface area contributed by atoms with Crippen molar-refractivity contribution in [3.8, 4) is 0 Å². The topological polar surface area (TPSA) is 81.8 Å². The number of halogens is 2. The third-order valence-corrected chi connectivity index (χ3v) is 7.81. The van der Waals surface area contributed by atoms with Gasteiger partial charge in [0.15, 0.2) is 0 Å². The highest BCUT2D eigenvalue weighted by atomic mass is 19.1. The molecule has 1 aliphatic rings. The second-order valence-electron chi connectivity index (χ2n) is 10.7. The quantitative estimate of drug-likeness (QED) is 0.249. The zero-order chi connectivity index (χ0) is 31.1. The predicted molar refractivity (Wildman–Crippen MR) is 167 cm³/mol. The number of anilines is 2. The maximum atomic E-state index is 13.5. The molecule has 1 aliphatic heterocycles. The molecule has 1 heterocycles. The molecule has 5 rings (SSSR count). The first-order valence-electron chi connectivity index (χ1n) is 14.6. The van der Waals surface area contributed by atoms with E-state index in [1.807, 2.05) is 42.2 Å². The predicted octanol–water partition coefficient (Wildman–Crippen LogP) is 5.99. The van der Waals surface area contributed by atoms with Gasteiger partial charge >= 0.3 is 0 Å². The van der Waals surface area contributed by atoms with E-state index in [0.29, 0.717) is 49.5 Å². The number of hydrogen-bond acceptors (Lipinski definition) is 4. The Hall–Kier alpha value is -5.05. The minimum absolute atomic E-state index is 0.0921. The second kappa shape index (κ2) is 13.9. The van der Waals surface area contributed by atoms with Crippen LogP contribution in [-0.2, 0) is 11.3 Å². The molecule has 0 bridgehead atoms. The number of nitrogens with zero attached hydrogens (tertiary/aromatic N) is 2. The molecule has 0 radical (unpaired) electrons.